The van der Waals surface area contributed by atoms with Crippen molar-refractivity contribution in [3.8, 4) is 6.07 Å². The minimum atomic E-state index is -0.368. The maximum absolute atomic E-state index is 11.1. The maximum Gasteiger partial charge on any atom is 0.409 e. The van der Waals surface area contributed by atoms with Crippen molar-refractivity contribution in [2.75, 3.05) is 20.2 Å². The molecule has 1 aliphatic rings. The van der Waals surface area contributed by atoms with Gasteiger partial charge in [0.25, 0.3) is 0 Å². The monoisotopic (exact) mass is 180 g/mol. The highest BCUT2D eigenvalue weighted by molar-refractivity contribution is 5.68. The third-order valence-corrected chi connectivity index (χ3v) is 1.93. The third kappa shape index (κ3) is 2.22. The zero-order valence-corrected chi connectivity index (χ0v) is 7.78. The smallest absolute Gasteiger partial charge is 0.409 e. The molecule has 1 amide bonds. The fourth-order valence-electron chi connectivity index (χ4n) is 1.41. The summed E-state index contributed by atoms with van der Waals surface area (Å²) < 4.78 is 4.58. The second kappa shape index (κ2) is 3.94. The first-order chi connectivity index (χ1) is 6.17. The molecule has 0 saturated carbocycles. The van der Waals surface area contributed by atoms with Gasteiger partial charge in [-0.1, -0.05) is 13.0 Å². The number of hydrogen-bond acceptors (Lipinski definition) is 3. The van der Waals surface area contributed by atoms with Crippen molar-refractivity contribution < 1.29 is 9.53 Å². The van der Waals surface area contributed by atoms with Gasteiger partial charge in [-0.2, -0.15) is 5.26 Å². The average Bonchev–Trinajstić information content (AvgIpc) is 2.15. The van der Waals surface area contributed by atoms with Crippen LogP contribution in [-0.4, -0.2) is 31.2 Å². The first kappa shape index (κ1) is 9.59. The molecule has 1 atom stereocenters. The Balaban J connectivity index is 2.70. The Morgan fingerprint density at radius 1 is 1.85 bits per heavy atom. The standard InChI is InChI=1S/C9H12N2O2/c1-7-3-8(4-10)6-11(5-7)9(12)13-2/h3,7H,5-6H2,1-2H3. The summed E-state index contributed by atoms with van der Waals surface area (Å²) in [5.41, 5.74) is 0.629. The van der Waals surface area contributed by atoms with E-state index in [0.717, 1.165) is 0 Å². The van der Waals surface area contributed by atoms with Crippen LogP contribution in [0.25, 0.3) is 0 Å². The number of rotatable bonds is 0. The van der Waals surface area contributed by atoms with Gasteiger partial charge in [0.2, 0.25) is 0 Å². The number of ether oxygens (including phenoxy) is 1. The summed E-state index contributed by atoms with van der Waals surface area (Å²) in [6.45, 7) is 2.96. The summed E-state index contributed by atoms with van der Waals surface area (Å²) in [5, 5.41) is 8.68. The predicted molar refractivity (Wildman–Crippen MR) is 46.8 cm³/mol. The number of nitrogens with zero attached hydrogens (tertiary/aromatic N) is 2. The fraction of sp³-hybridized carbons (Fsp3) is 0.556. The predicted octanol–water partition coefficient (Wildman–Crippen LogP) is 1.15. The molecule has 1 heterocycles. The molecule has 0 aromatic carbocycles. The lowest BCUT2D eigenvalue weighted by Crippen LogP contribution is -2.38. The van der Waals surface area contributed by atoms with Crippen molar-refractivity contribution in [3.05, 3.63) is 11.6 Å². The van der Waals surface area contributed by atoms with Crippen molar-refractivity contribution >= 4 is 6.09 Å². The van der Waals surface area contributed by atoms with Crippen molar-refractivity contribution in [1.29, 1.82) is 5.26 Å². The average molecular weight is 180 g/mol. The lowest BCUT2D eigenvalue weighted by atomic mass is 10.0. The second-order valence-electron chi connectivity index (χ2n) is 3.13. The molecule has 0 spiro atoms. The highest BCUT2D eigenvalue weighted by Gasteiger charge is 2.21. The number of carbonyl (C=O) groups excluding carboxylic acids is 1. The van der Waals surface area contributed by atoms with E-state index in [0.29, 0.717) is 18.7 Å². The summed E-state index contributed by atoms with van der Waals surface area (Å²) in [6.07, 6.45) is 1.52. The molecule has 0 aromatic rings. The molecule has 4 nitrogen and oxygen atoms in total. The Hall–Kier alpha value is -1.50. The Kier molecular flexibility index (Phi) is 2.91. The van der Waals surface area contributed by atoms with E-state index in [1.54, 1.807) is 0 Å². The van der Waals surface area contributed by atoms with E-state index < -0.39 is 0 Å². The van der Waals surface area contributed by atoms with Gasteiger partial charge in [-0.3, -0.25) is 0 Å². The first-order valence-corrected chi connectivity index (χ1v) is 4.11. The molecule has 1 unspecified atom stereocenters. The lowest BCUT2D eigenvalue weighted by Gasteiger charge is -2.27. The van der Waals surface area contributed by atoms with Gasteiger partial charge in [-0.05, 0) is 5.92 Å². The molecule has 13 heavy (non-hydrogen) atoms. The van der Waals surface area contributed by atoms with Crippen LogP contribution in [0.1, 0.15) is 6.92 Å². The molecule has 1 rings (SSSR count). The summed E-state index contributed by atoms with van der Waals surface area (Å²) in [7, 11) is 1.34. The SMILES string of the molecule is COC(=O)N1CC(C#N)=CC(C)C1. The number of carbonyl (C=O) groups is 1. The van der Waals surface area contributed by atoms with Gasteiger partial charge in [-0.25, -0.2) is 4.79 Å². The quantitative estimate of drug-likeness (QED) is 0.562. The molecule has 0 radical (unpaired) electrons. The fourth-order valence-corrected chi connectivity index (χ4v) is 1.41. The molecule has 4 heteroatoms. The van der Waals surface area contributed by atoms with Crippen molar-refractivity contribution in [2.45, 2.75) is 6.92 Å². The Morgan fingerprint density at radius 3 is 3.08 bits per heavy atom. The zero-order valence-electron chi connectivity index (χ0n) is 7.78. The lowest BCUT2D eigenvalue weighted by molar-refractivity contribution is 0.122. The molecule has 0 aromatic heterocycles. The van der Waals surface area contributed by atoms with Crippen LogP contribution in [0, 0.1) is 17.2 Å². The van der Waals surface area contributed by atoms with Crippen LogP contribution in [0.2, 0.25) is 0 Å². The van der Waals surface area contributed by atoms with E-state index in [2.05, 4.69) is 10.8 Å². The van der Waals surface area contributed by atoms with Gasteiger partial charge in [0, 0.05) is 12.1 Å². The van der Waals surface area contributed by atoms with E-state index >= 15 is 0 Å². The van der Waals surface area contributed by atoms with Gasteiger partial charge in [0.05, 0.1) is 19.7 Å². The molecule has 0 fully saturated rings. The molecule has 1 aliphatic heterocycles. The van der Waals surface area contributed by atoms with Crippen LogP contribution in [0.3, 0.4) is 0 Å². The summed E-state index contributed by atoms with van der Waals surface area (Å²) in [4.78, 5) is 12.7. The van der Waals surface area contributed by atoms with Crippen molar-refractivity contribution in [3.63, 3.8) is 0 Å². The molecule has 0 bridgehead atoms. The molecule has 0 saturated heterocycles. The Morgan fingerprint density at radius 2 is 2.54 bits per heavy atom. The van der Waals surface area contributed by atoms with Gasteiger partial charge in [0.15, 0.2) is 0 Å². The Bertz CT molecular complexity index is 278. The van der Waals surface area contributed by atoms with E-state index in [1.165, 1.54) is 12.0 Å². The van der Waals surface area contributed by atoms with Crippen LogP contribution in [0.5, 0.6) is 0 Å². The van der Waals surface area contributed by atoms with Gasteiger partial charge in [-0.15, -0.1) is 0 Å². The topological polar surface area (TPSA) is 53.3 Å². The van der Waals surface area contributed by atoms with Gasteiger partial charge in [0.1, 0.15) is 0 Å². The molecular formula is C9H12N2O2. The highest BCUT2D eigenvalue weighted by atomic mass is 16.5. The van der Waals surface area contributed by atoms with E-state index in [-0.39, 0.29) is 12.0 Å². The molecule has 70 valence electrons. The van der Waals surface area contributed by atoms with Crippen LogP contribution in [0.4, 0.5) is 4.79 Å². The molecule has 0 N–H and O–H groups in total. The summed E-state index contributed by atoms with van der Waals surface area (Å²) in [5.74, 6) is 0.225. The number of nitriles is 1. The summed E-state index contributed by atoms with van der Waals surface area (Å²) >= 11 is 0. The molecule has 0 aliphatic carbocycles. The largest absolute Gasteiger partial charge is 0.453 e. The maximum atomic E-state index is 11.1. The number of hydrogen-bond donors (Lipinski definition) is 0. The van der Waals surface area contributed by atoms with Crippen LogP contribution < -0.4 is 0 Å². The van der Waals surface area contributed by atoms with Crippen molar-refractivity contribution in [2.24, 2.45) is 5.92 Å². The van der Waals surface area contributed by atoms with Gasteiger partial charge < -0.3 is 9.64 Å². The van der Waals surface area contributed by atoms with E-state index in [9.17, 15) is 4.79 Å². The Labute approximate surface area is 77.4 Å². The first-order valence-electron chi connectivity index (χ1n) is 4.11. The van der Waals surface area contributed by atoms with Crippen LogP contribution in [-0.2, 0) is 4.74 Å². The minimum Gasteiger partial charge on any atom is -0.453 e. The third-order valence-electron chi connectivity index (χ3n) is 1.93. The van der Waals surface area contributed by atoms with E-state index in [1.807, 2.05) is 13.0 Å². The summed E-state index contributed by atoms with van der Waals surface area (Å²) in [6, 6.07) is 2.05. The van der Waals surface area contributed by atoms with Crippen molar-refractivity contribution in [1.82, 2.24) is 4.90 Å². The van der Waals surface area contributed by atoms with Crippen LogP contribution in [0.15, 0.2) is 11.6 Å². The van der Waals surface area contributed by atoms with Gasteiger partial charge >= 0.3 is 6.09 Å². The second-order valence-corrected chi connectivity index (χ2v) is 3.13. The minimum absolute atomic E-state index is 0.225. The number of amides is 1. The number of methoxy groups -OCH3 is 1. The molecular weight excluding hydrogens is 168 g/mol. The highest BCUT2D eigenvalue weighted by Crippen LogP contribution is 2.14. The van der Waals surface area contributed by atoms with Crippen LogP contribution >= 0.6 is 0 Å². The normalized spacial score (nSPS) is 21.8. The zero-order chi connectivity index (χ0) is 9.84. The van der Waals surface area contributed by atoms with E-state index in [4.69, 9.17) is 5.26 Å².